The largest absolute Gasteiger partial charge is 0.478 e. The predicted octanol–water partition coefficient (Wildman–Crippen LogP) is 2.37. The monoisotopic (exact) mass is 354 g/mol. The van der Waals surface area contributed by atoms with Crippen LogP contribution in [-0.4, -0.2) is 28.7 Å². The Morgan fingerprint density at radius 2 is 1.90 bits per heavy atom. The fourth-order valence-corrected chi connectivity index (χ4v) is 1.54. The maximum absolute atomic E-state index is 12.6. The quantitative estimate of drug-likeness (QED) is 0.776. The molecule has 5 nitrogen and oxygen atoms in total. The Labute approximate surface area is 120 Å². The number of rotatable bonds is 3. The number of anilines is 1. The molecule has 1 amide bonds. The summed E-state index contributed by atoms with van der Waals surface area (Å²) < 4.78 is 38.2. The average molecular weight is 355 g/mol. The van der Waals surface area contributed by atoms with Gasteiger partial charge in [-0.3, -0.25) is 4.79 Å². The number of benzene rings is 1. The highest BCUT2D eigenvalue weighted by Crippen LogP contribution is 2.30. The molecule has 110 valence electrons. The third kappa shape index (κ3) is 3.28. The standard InChI is InChI=1S/C11H10BrF3N2O3/c1-10(16,11(13,14)15)9(20)17-7-3-2-5(12)4-6(7)8(18)19/h2-4H,16H2,1H3,(H,17,20)(H,18,19). The van der Waals surface area contributed by atoms with Crippen molar-refractivity contribution in [2.45, 2.75) is 18.6 Å². The number of hydrogen-bond donors (Lipinski definition) is 3. The Balaban J connectivity index is 3.12. The predicted molar refractivity (Wildman–Crippen MR) is 68.4 cm³/mol. The number of nitrogens with one attached hydrogen (secondary N) is 1. The highest BCUT2D eigenvalue weighted by Gasteiger charge is 2.54. The smallest absolute Gasteiger partial charge is 0.415 e. The zero-order valence-electron chi connectivity index (χ0n) is 10.1. The van der Waals surface area contributed by atoms with Gasteiger partial charge in [0.15, 0.2) is 5.54 Å². The molecule has 0 fully saturated rings. The summed E-state index contributed by atoms with van der Waals surface area (Å²) in [6.45, 7) is 0.502. The lowest BCUT2D eigenvalue weighted by Crippen LogP contribution is -2.59. The van der Waals surface area contributed by atoms with Gasteiger partial charge in [0, 0.05) is 4.47 Å². The van der Waals surface area contributed by atoms with Crippen LogP contribution in [0.2, 0.25) is 0 Å². The number of amides is 1. The topological polar surface area (TPSA) is 92.4 Å². The van der Waals surface area contributed by atoms with E-state index in [4.69, 9.17) is 10.8 Å². The lowest BCUT2D eigenvalue weighted by Gasteiger charge is -2.26. The molecule has 1 aromatic rings. The van der Waals surface area contributed by atoms with E-state index in [2.05, 4.69) is 15.9 Å². The third-order valence-corrected chi connectivity index (χ3v) is 3.01. The second-order valence-electron chi connectivity index (χ2n) is 4.15. The van der Waals surface area contributed by atoms with Crippen molar-refractivity contribution in [3.05, 3.63) is 28.2 Å². The van der Waals surface area contributed by atoms with Gasteiger partial charge in [0.2, 0.25) is 0 Å². The van der Waals surface area contributed by atoms with Crippen LogP contribution in [0.1, 0.15) is 17.3 Å². The summed E-state index contributed by atoms with van der Waals surface area (Å²) in [5, 5.41) is 10.8. The molecular weight excluding hydrogens is 345 g/mol. The Hall–Kier alpha value is -1.61. The van der Waals surface area contributed by atoms with Gasteiger partial charge in [0.25, 0.3) is 5.91 Å². The van der Waals surface area contributed by atoms with Crippen LogP contribution in [0.25, 0.3) is 0 Å². The van der Waals surface area contributed by atoms with Gasteiger partial charge in [0.05, 0.1) is 11.3 Å². The lowest BCUT2D eigenvalue weighted by molar-refractivity contribution is -0.184. The molecule has 0 spiro atoms. The van der Waals surface area contributed by atoms with E-state index in [1.165, 1.54) is 6.07 Å². The van der Waals surface area contributed by atoms with Crippen LogP contribution in [0.5, 0.6) is 0 Å². The summed E-state index contributed by atoms with van der Waals surface area (Å²) in [4.78, 5) is 22.6. The Morgan fingerprint density at radius 1 is 1.35 bits per heavy atom. The first-order valence-electron chi connectivity index (χ1n) is 5.16. The minimum atomic E-state index is -4.96. The van der Waals surface area contributed by atoms with Gasteiger partial charge in [0.1, 0.15) is 0 Å². The van der Waals surface area contributed by atoms with E-state index in [1.807, 2.05) is 5.32 Å². The van der Waals surface area contributed by atoms with Crippen molar-refractivity contribution in [1.29, 1.82) is 0 Å². The fourth-order valence-electron chi connectivity index (χ4n) is 1.18. The van der Waals surface area contributed by atoms with Crippen molar-refractivity contribution in [2.24, 2.45) is 5.73 Å². The van der Waals surface area contributed by atoms with E-state index in [0.717, 1.165) is 12.1 Å². The van der Waals surface area contributed by atoms with Crippen molar-refractivity contribution in [1.82, 2.24) is 0 Å². The maximum atomic E-state index is 12.6. The number of nitrogens with two attached hydrogens (primary N) is 1. The van der Waals surface area contributed by atoms with E-state index in [1.54, 1.807) is 0 Å². The molecule has 9 heteroatoms. The minimum absolute atomic E-state index is 0.272. The second-order valence-corrected chi connectivity index (χ2v) is 5.06. The SMILES string of the molecule is CC(N)(C(=O)Nc1ccc(Br)cc1C(=O)O)C(F)(F)F. The number of carboxylic acid groups (broad SMARTS) is 1. The first-order chi connectivity index (χ1) is 8.96. The molecule has 0 radical (unpaired) electrons. The summed E-state index contributed by atoms with van der Waals surface area (Å²) in [6.07, 6.45) is -4.96. The van der Waals surface area contributed by atoms with Gasteiger partial charge in [-0.05, 0) is 25.1 Å². The molecule has 0 aliphatic carbocycles. The van der Waals surface area contributed by atoms with Crippen molar-refractivity contribution < 1.29 is 27.9 Å². The summed E-state index contributed by atoms with van der Waals surface area (Å²) in [7, 11) is 0. The minimum Gasteiger partial charge on any atom is -0.478 e. The molecule has 20 heavy (non-hydrogen) atoms. The third-order valence-electron chi connectivity index (χ3n) is 2.52. The van der Waals surface area contributed by atoms with Crippen molar-refractivity contribution in [3.8, 4) is 0 Å². The molecular formula is C11H10BrF3N2O3. The van der Waals surface area contributed by atoms with Crippen LogP contribution in [0.3, 0.4) is 0 Å². The fraction of sp³-hybridized carbons (Fsp3) is 0.273. The van der Waals surface area contributed by atoms with Gasteiger partial charge in [-0.1, -0.05) is 15.9 Å². The molecule has 4 N–H and O–H groups in total. The number of carbonyl (C=O) groups is 2. The molecule has 1 atom stereocenters. The number of carboxylic acids is 1. The maximum Gasteiger partial charge on any atom is 0.415 e. The van der Waals surface area contributed by atoms with Crippen LogP contribution < -0.4 is 11.1 Å². The molecule has 0 heterocycles. The highest BCUT2D eigenvalue weighted by atomic mass is 79.9. The van der Waals surface area contributed by atoms with Crippen LogP contribution in [-0.2, 0) is 4.79 Å². The van der Waals surface area contributed by atoms with Crippen LogP contribution in [0, 0.1) is 0 Å². The molecule has 0 saturated carbocycles. The van der Waals surface area contributed by atoms with E-state index in [0.29, 0.717) is 11.4 Å². The van der Waals surface area contributed by atoms with E-state index >= 15 is 0 Å². The molecule has 1 rings (SSSR count). The zero-order chi connectivity index (χ0) is 15.7. The number of carbonyl (C=O) groups excluding carboxylic acids is 1. The average Bonchev–Trinajstić information content (AvgIpc) is 2.29. The van der Waals surface area contributed by atoms with Crippen LogP contribution in [0.4, 0.5) is 18.9 Å². The first-order valence-corrected chi connectivity index (χ1v) is 5.96. The lowest BCUT2D eigenvalue weighted by atomic mass is 10.0. The summed E-state index contributed by atoms with van der Waals surface area (Å²) >= 11 is 3.02. The molecule has 0 bridgehead atoms. The van der Waals surface area contributed by atoms with Crippen LogP contribution >= 0.6 is 15.9 Å². The normalized spacial score (nSPS) is 14.5. The molecule has 0 aliphatic rings. The molecule has 0 saturated heterocycles. The van der Waals surface area contributed by atoms with E-state index in [-0.39, 0.29) is 11.3 Å². The Bertz CT molecular complexity index is 558. The van der Waals surface area contributed by atoms with Crippen LogP contribution in [0.15, 0.2) is 22.7 Å². The van der Waals surface area contributed by atoms with E-state index < -0.39 is 23.6 Å². The van der Waals surface area contributed by atoms with Gasteiger partial charge in [-0.2, -0.15) is 13.2 Å². The van der Waals surface area contributed by atoms with E-state index in [9.17, 15) is 22.8 Å². The molecule has 0 aromatic heterocycles. The van der Waals surface area contributed by atoms with Gasteiger partial charge in [-0.15, -0.1) is 0 Å². The number of halogens is 4. The second kappa shape index (κ2) is 5.41. The van der Waals surface area contributed by atoms with Gasteiger partial charge in [-0.25, -0.2) is 4.79 Å². The van der Waals surface area contributed by atoms with Gasteiger partial charge < -0.3 is 16.2 Å². The zero-order valence-corrected chi connectivity index (χ0v) is 11.7. The number of alkyl halides is 3. The molecule has 1 aromatic carbocycles. The van der Waals surface area contributed by atoms with Crippen molar-refractivity contribution >= 4 is 33.5 Å². The number of aromatic carboxylic acids is 1. The van der Waals surface area contributed by atoms with Gasteiger partial charge >= 0.3 is 12.1 Å². The number of hydrogen-bond acceptors (Lipinski definition) is 3. The highest BCUT2D eigenvalue weighted by molar-refractivity contribution is 9.10. The molecule has 0 aliphatic heterocycles. The van der Waals surface area contributed by atoms with Crippen molar-refractivity contribution in [2.75, 3.05) is 5.32 Å². The summed E-state index contributed by atoms with van der Waals surface area (Å²) in [5.41, 5.74) is 1.19. The summed E-state index contributed by atoms with van der Waals surface area (Å²) in [5.74, 6) is -2.94. The summed E-state index contributed by atoms with van der Waals surface area (Å²) in [6, 6.07) is 3.70. The Kier molecular flexibility index (Phi) is 4.45. The Morgan fingerprint density at radius 3 is 2.35 bits per heavy atom. The first kappa shape index (κ1) is 16.4. The van der Waals surface area contributed by atoms with Crippen molar-refractivity contribution in [3.63, 3.8) is 0 Å². The molecule has 1 unspecified atom stereocenters.